The van der Waals surface area contributed by atoms with Crippen LogP contribution >= 0.6 is 0 Å². The minimum atomic E-state index is -3.19. The van der Waals surface area contributed by atoms with Gasteiger partial charge in [0.15, 0.2) is 9.84 Å². The fraction of sp³-hybridized carbons (Fsp3) is 0.133. The summed E-state index contributed by atoms with van der Waals surface area (Å²) in [6.45, 7) is 0.458. The van der Waals surface area contributed by atoms with E-state index in [-0.39, 0.29) is 10.5 Å². The van der Waals surface area contributed by atoms with Gasteiger partial charge in [0.1, 0.15) is 0 Å². The molecule has 6 heteroatoms. The molecule has 5 nitrogen and oxygen atoms in total. The topological polar surface area (TPSA) is 83.5 Å². The Hall–Kier alpha value is -2.34. The van der Waals surface area contributed by atoms with Gasteiger partial charge in [-0.05, 0) is 42.0 Å². The maximum atomic E-state index is 11.3. The van der Waals surface area contributed by atoms with Crippen LogP contribution in [0.4, 0.5) is 5.69 Å². The van der Waals surface area contributed by atoms with Crippen molar-refractivity contribution in [3.05, 3.63) is 59.7 Å². The number of hydrogen-bond acceptors (Lipinski definition) is 4. The van der Waals surface area contributed by atoms with Crippen molar-refractivity contribution >= 4 is 21.5 Å². The molecular formula is C15H15NO4S. The number of rotatable bonds is 5. The van der Waals surface area contributed by atoms with Crippen molar-refractivity contribution in [1.29, 1.82) is 0 Å². The van der Waals surface area contributed by atoms with Crippen LogP contribution in [0.25, 0.3) is 0 Å². The molecule has 0 saturated carbocycles. The Labute approximate surface area is 123 Å². The van der Waals surface area contributed by atoms with Crippen molar-refractivity contribution in [1.82, 2.24) is 0 Å². The summed E-state index contributed by atoms with van der Waals surface area (Å²) >= 11 is 0. The van der Waals surface area contributed by atoms with E-state index in [9.17, 15) is 13.2 Å². The first-order chi connectivity index (χ1) is 9.86. The Kier molecular flexibility index (Phi) is 4.28. The highest BCUT2D eigenvalue weighted by Crippen LogP contribution is 2.15. The summed E-state index contributed by atoms with van der Waals surface area (Å²) < 4.78 is 22.7. The molecule has 0 aliphatic rings. The van der Waals surface area contributed by atoms with E-state index in [0.717, 1.165) is 17.5 Å². The second-order valence-electron chi connectivity index (χ2n) is 4.66. The summed E-state index contributed by atoms with van der Waals surface area (Å²) in [4.78, 5) is 11.1. The molecule has 110 valence electrons. The van der Waals surface area contributed by atoms with Crippen molar-refractivity contribution in [2.45, 2.75) is 11.4 Å². The number of aromatic carboxylic acids is 1. The Morgan fingerprint density at radius 2 is 1.81 bits per heavy atom. The molecule has 0 atom stereocenters. The lowest BCUT2D eigenvalue weighted by Gasteiger charge is -2.08. The molecule has 0 spiro atoms. The predicted octanol–water partition coefficient (Wildman–Crippen LogP) is 2.40. The first-order valence-corrected chi connectivity index (χ1v) is 8.11. The smallest absolute Gasteiger partial charge is 0.335 e. The van der Waals surface area contributed by atoms with Crippen LogP contribution in [0.15, 0.2) is 53.4 Å². The van der Waals surface area contributed by atoms with Crippen LogP contribution in [-0.4, -0.2) is 25.7 Å². The van der Waals surface area contributed by atoms with E-state index in [2.05, 4.69) is 5.32 Å². The second kappa shape index (κ2) is 5.97. The van der Waals surface area contributed by atoms with E-state index in [1.165, 1.54) is 18.2 Å². The Morgan fingerprint density at radius 3 is 2.38 bits per heavy atom. The monoisotopic (exact) mass is 305 g/mol. The van der Waals surface area contributed by atoms with E-state index >= 15 is 0 Å². The maximum absolute atomic E-state index is 11.3. The quantitative estimate of drug-likeness (QED) is 0.886. The van der Waals surface area contributed by atoms with Crippen molar-refractivity contribution in [2.24, 2.45) is 0 Å². The zero-order chi connectivity index (χ0) is 15.5. The highest BCUT2D eigenvalue weighted by Gasteiger charge is 2.06. The summed E-state index contributed by atoms with van der Waals surface area (Å²) in [7, 11) is -3.19. The summed E-state index contributed by atoms with van der Waals surface area (Å²) in [5.41, 5.74) is 1.84. The lowest BCUT2D eigenvalue weighted by Crippen LogP contribution is -2.03. The minimum Gasteiger partial charge on any atom is -0.478 e. The number of nitrogens with one attached hydrogen (secondary N) is 1. The third-order valence-corrected chi connectivity index (χ3v) is 4.08. The largest absolute Gasteiger partial charge is 0.478 e. The molecule has 0 amide bonds. The van der Waals surface area contributed by atoms with Gasteiger partial charge in [-0.15, -0.1) is 0 Å². The molecule has 0 unspecified atom stereocenters. The first-order valence-electron chi connectivity index (χ1n) is 6.22. The molecule has 2 aromatic carbocycles. The van der Waals surface area contributed by atoms with Crippen LogP contribution < -0.4 is 5.32 Å². The van der Waals surface area contributed by atoms with Gasteiger partial charge in [0.05, 0.1) is 10.5 Å². The van der Waals surface area contributed by atoms with Gasteiger partial charge in [-0.2, -0.15) is 0 Å². The molecule has 0 aromatic heterocycles. The fourth-order valence-electron chi connectivity index (χ4n) is 1.84. The van der Waals surface area contributed by atoms with Crippen molar-refractivity contribution in [3.63, 3.8) is 0 Å². The number of carboxylic acid groups (broad SMARTS) is 1. The van der Waals surface area contributed by atoms with Gasteiger partial charge in [-0.1, -0.05) is 12.1 Å². The Balaban J connectivity index is 2.06. The number of hydrogen-bond donors (Lipinski definition) is 2. The summed E-state index contributed by atoms with van der Waals surface area (Å²) in [5, 5.41) is 12.0. The second-order valence-corrected chi connectivity index (χ2v) is 6.67. The molecule has 0 bridgehead atoms. The highest BCUT2D eigenvalue weighted by molar-refractivity contribution is 7.90. The van der Waals surface area contributed by atoms with Gasteiger partial charge in [0, 0.05) is 18.5 Å². The van der Waals surface area contributed by atoms with Crippen LogP contribution in [0.2, 0.25) is 0 Å². The van der Waals surface area contributed by atoms with Crippen molar-refractivity contribution < 1.29 is 18.3 Å². The minimum absolute atomic E-state index is 0.238. The van der Waals surface area contributed by atoms with E-state index in [1.54, 1.807) is 24.3 Å². The standard InChI is InChI=1S/C15H15NO4S/c1-21(19,20)14-7-5-13(6-8-14)16-10-11-3-2-4-12(9-11)15(17)18/h2-9,16H,10H2,1H3,(H,17,18). The number of anilines is 1. The lowest BCUT2D eigenvalue weighted by atomic mass is 10.1. The summed E-state index contributed by atoms with van der Waals surface area (Å²) in [5.74, 6) is -0.964. The Morgan fingerprint density at radius 1 is 1.14 bits per heavy atom. The van der Waals surface area contributed by atoms with Crippen LogP contribution in [0, 0.1) is 0 Å². The molecule has 2 aromatic rings. The summed E-state index contributed by atoms with van der Waals surface area (Å²) in [6, 6.07) is 13.1. The van der Waals surface area contributed by atoms with Crippen LogP contribution in [0.3, 0.4) is 0 Å². The number of sulfone groups is 1. The number of carbonyl (C=O) groups is 1. The Bertz CT molecular complexity index is 751. The summed E-state index contributed by atoms with van der Waals surface area (Å²) in [6.07, 6.45) is 1.16. The third-order valence-electron chi connectivity index (χ3n) is 2.95. The number of benzene rings is 2. The maximum Gasteiger partial charge on any atom is 0.335 e. The van der Waals surface area contributed by atoms with Crippen LogP contribution in [0.1, 0.15) is 15.9 Å². The molecule has 0 radical (unpaired) electrons. The zero-order valence-electron chi connectivity index (χ0n) is 11.4. The molecule has 0 fully saturated rings. The van der Waals surface area contributed by atoms with Gasteiger partial charge < -0.3 is 10.4 Å². The highest BCUT2D eigenvalue weighted by atomic mass is 32.2. The van der Waals surface area contributed by atoms with E-state index < -0.39 is 15.8 Å². The fourth-order valence-corrected chi connectivity index (χ4v) is 2.47. The molecule has 0 aliphatic heterocycles. The van der Waals surface area contributed by atoms with Gasteiger partial charge in [0.25, 0.3) is 0 Å². The molecule has 2 N–H and O–H groups in total. The normalized spacial score (nSPS) is 11.1. The SMILES string of the molecule is CS(=O)(=O)c1ccc(NCc2cccc(C(=O)O)c2)cc1. The van der Waals surface area contributed by atoms with Crippen molar-refractivity contribution in [2.75, 3.05) is 11.6 Å². The predicted molar refractivity (Wildman–Crippen MR) is 80.3 cm³/mol. The third kappa shape index (κ3) is 4.06. The van der Waals surface area contributed by atoms with Crippen molar-refractivity contribution in [3.8, 4) is 0 Å². The van der Waals surface area contributed by atoms with Gasteiger partial charge in [-0.25, -0.2) is 13.2 Å². The van der Waals surface area contributed by atoms with E-state index in [0.29, 0.717) is 6.54 Å². The molecule has 0 heterocycles. The first kappa shape index (κ1) is 15.1. The van der Waals surface area contributed by atoms with Gasteiger partial charge >= 0.3 is 5.97 Å². The molecule has 2 rings (SSSR count). The van der Waals surface area contributed by atoms with Gasteiger partial charge in [0.2, 0.25) is 0 Å². The van der Waals surface area contributed by atoms with Crippen LogP contribution in [0.5, 0.6) is 0 Å². The van der Waals surface area contributed by atoms with E-state index in [1.807, 2.05) is 6.07 Å². The molecule has 0 aliphatic carbocycles. The molecular weight excluding hydrogens is 290 g/mol. The number of carboxylic acids is 1. The van der Waals surface area contributed by atoms with Gasteiger partial charge in [-0.3, -0.25) is 0 Å². The van der Waals surface area contributed by atoms with Crippen LogP contribution in [-0.2, 0) is 16.4 Å². The molecule has 21 heavy (non-hydrogen) atoms. The average Bonchev–Trinajstić information content (AvgIpc) is 2.45. The zero-order valence-corrected chi connectivity index (χ0v) is 12.2. The average molecular weight is 305 g/mol. The lowest BCUT2D eigenvalue weighted by molar-refractivity contribution is 0.0696. The molecule has 0 saturated heterocycles. The van der Waals surface area contributed by atoms with E-state index in [4.69, 9.17) is 5.11 Å².